The molecule has 0 fully saturated rings. The van der Waals surface area contributed by atoms with Gasteiger partial charge in [0.05, 0.1) is 14.2 Å². The monoisotopic (exact) mass is 266 g/mol. The lowest BCUT2D eigenvalue weighted by Crippen LogP contribution is -2.25. The van der Waals surface area contributed by atoms with E-state index in [1.807, 2.05) is 0 Å². The number of aromatic hydroxyl groups is 1. The molecule has 0 aromatic heterocycles. The standard InChI is InChI=1S/C13H18N2O4/c1-18-10-5-8(6-11(19-2)13(10)17)3-4-9(14)7-12(15)16/h3-6,9,17H,7,14H2,1-2H3,(H2,15,16)/b4-3+. The first-order valence-corrected chi connectivity index (χ1v) is 5.65. The van der Waals surface area contributed by atoms with Crippen molar-refractivity contribution in [1.82, 2.24) is 0 Å². The van der Waals surface area contributed by atoms with Crippen LogP contribution in [-0.4, -0.2) is 31.3 Å². The Bertz CT molecular complexity index is 461. The smallest absolute Gasteiger partial charge is 0.219 e. The SMILES string of the molecule is COc1cc(/C=C/C(N)CC(N)=O)cc(OC)c1O. The van der Waals surface area contributed by atoms with Crippen LogP contribution in [0.3, 0.4) is 0 Å². The summed E-state index contributed by atoms with van der Waals surface area (Å²) in [5, 5.41) is 9.75. The molecule has 0 saturated heterocycles. The molecule has 19 heavy (non-hydrogen) atoms. The van der Waals surface area contributed by atoms with E-state index < -0.39 is 11.9 Å². The Balaban J connectivity index is 2.95. The summed E-state index contributed by atoms with van der Waals surface area (Å²) < 4.78 is 10.1. The van der Waals surface area contributed by atoms with Gasteiger partial charge in [-0.2, -0.15) is 0 Å². The number of benzene rings is 1. The zero-order valence-corrected chi connectivity index (χ0v) is 10.9. The highest BCUT2D eigenvalue weighted by molar-refractivity contribution is 5.75. The van der Waals surface area contributed by atoms with E-state index in [0.29, 0.717) is 11.5 Å². The highest BCUT2D eigenvalue weighted by atomic mass is 16.5. The molecular weight excluding hydrogens is 248 g/mol. The van der Waals surface area contributed by atoms with E-state index in [4.69, 9.17) is 20.9 Å². The number of amides is 1. The molecule has 0 radical (unpaired) electrons. The summed E-state index contributed by atoms with van der Waals surface area (Å²) in [4.78, 5) is 10.7. The molecule has 104 valence electrons. The number of methoxy groups -OCH3 is 2. The van der Waals surface area contributed by atoms with Gasteiger partial charge >= 0.3 is 0 Å². The maximum atomic E-state index is 10.7. The number of hydrogen-bond acceptors (Lipinski definition) is 5. The highest BCUT2D eigenvalue weighted by Gasteiger charge is 2.10. The van der Waals surface area contributed by atoms with Crippen LogP contribution in [0.1, 0.15) is 12.0 Å². The first-order valence-electron chi connectivity index (χ1n) is 5.65. The second-order valence-electron chi connectivity index (χ2n) is 3.97. The molecule has 1 aromatic rings. The number of phenols is 1. The fourth-order valence-electron chi connectivity index (χ4n) is 1.55. The van der Waals surface area contributed by atoms with Crippen molar-refractivity contribution in [1.29, 1.82) is 0 Å². The quantitative estimate of drug-likeness (QED) is 0.699. The number of hydrogen-bond donors (Lipinski definition) is 3. The Morgan fingerprint density at radius 2 is 1.89 bits per heavy atom. The van der Waals surface area contributed by atoms with E-state index in [-0.39, 0.29) is 12.2 Å². The summed E-state index contributed by atoms with van der Waals surface area (Å²) in [6.07, 6.45) is 3.43. The van der Waals surface area contributed by atoms with Crippen LogP contribution in [0.4, 0.5) is 0 Å². The molecular formula is C13H18N2O4. The first-order chi connectivity index (χ1) is 8.97. The van der Waals surface area contributed by atoms with Gasteiger partial charge in [0.1, 0.15) is 0 Å². The number of primary amides is 1. The van der Waals surface area contributed by atoms with Crippen LogP contribution >= 0.6 is 0 Å². The van der Waals surface area contributed by atoms with Crippen LogP contribution in [0, 0.1) is 0 Å². The van der Waals surface area contributed by atoms with Crippen LogP contribution < -0.4 is 20.9 Å². The van der Waals surface area contributed by atoms with Gasteiger partial charge in [-0.3, -0.25) is 4.79 Å². The molecule has 0 bridgehead atoms. The second kappa shape index (κ2) is 6.65. The van der Waals surface area contributed by atoms with Crippen LogP contribution in [-0.2, 0) is 4.79 Å². The molecule has 1 unspecified atom stereocenters. The summed E-state index contributed by atoms with van der Waals surface area (Å²) in [6, 6.07) is 2.81. The van der Waals surface area contributed by atoms with Crippen molar-refractivity contribution < 1.29 is 19.4 Å². The molecule has 6 heteroatoms. The van der Waals surface area contributed by atoms with Crippen LogP contribution in [0.2, 0.25) is 0 Å². The normalized spacial score (nSPS) is 12.4. The van der Waals surface area contributed by atoms with Crippen molar-refractivity contribution in [3.05, 3.63) is 23.8 Å². The highest BCUT2D eigenvalue weighted by Crippen LogP contribution is 2.37. The Morgan fingerprint density at radius 3 is 2.32 bits per heavy atom. The minimum absolute atomic E-state index is 0.0661. The lowest BCUT2D eigenvalue weighted by atomic mass is 10.1. The van der Waals surface area contributed by atoms with Crippen molar-refractivity contribution >= 4 is 12.0 Å². The van der Waals surface area contributed by atoms with E-state index in [1.165, 1.54) is 14.2 Å². The fourth-order valence-corrected chi connectivity index (χ4v) is 1.55. The van der Waals surface area contributed by atoms with Gasteiger partial charge in [0, 0.05) is 12.5 Å². The molecule has 6 nitrogen and oxygen atoms in total. The molecule has 0 aliphatic heterocycles. The number of phenolic OH excluding ortho intramolecular Hbond substituents is 1. The number of carbonyl (C=O) groups is 1. The summed E-state index contributed by atoms with van der Waals surface area (Å²) in [5.74, 6) is 0.0616. The summed E-state index contributed by atoms with van der Waals surface area (Å²) in [7, 11) is 2.89. The third-order valence-electron chi connectivity index (χ3n) is 2.47. The van der Waals surface area contributed by atoms with Gasteiger partial charge in [0.2, 0.25) is 11.7 Å². The average Bonchev–Trinajstić information content (AvgIpc) is 2.36. The summed E-state index contributed by atoms with van der Waals surface area (Å²) in [6.45, 7) is 0. The van der Waals surface area contributed by atoms with E-state index in [9.17, 15) is 9.90 Å². The van der Waals surface area contributed by atoms with Crippen molar-refractivity contribution in [2.45, 2.75) is 12.5 Å². The Labute approximate surface area is 111 Å². The Kier molecular flexibility index (Phi) is 5.20. The second-order valence-corrected chi connectivity index (χ2v) is 3.97. The molecule has 0 aliphatic rings. The maximum Gasteiger partial charge on any atom is 0.219 e. The van der Waals surface area contributed by atoms with E-state index in [0.717, 1.165) is 5.56 Å². The third kappa shape index (κ3) is 4.18. The van der Waals surface area contributed by atoms with Crippen LogP contribution in [0.25, 0.3) is 6.08 Å². The minimum atomic E-state index is -0.460. The number of nitrogens with two attached hydrogens (primary N) is 2. The van der Waals surface area contributed by atoms with Crippen LogP contribution in [0.5, 0.6) is 17.2 Å². The molecule has 0 aliphatic carbocycles. The van der Waals surface area contributed by atoms with Gasteiger partial charge in [-0.25, -0.2) is 0 Å². The Hall–Kier alpha value is -2.21. The Morgan fingerprint density at radius 1 is 1.37 bits per heavy atom. The van der Waals surface area contributed by atoms with Gasteiger partial charge in [-0.15, -0.1) is 0 Å². The van der Waals surface area contributed by atoms with E-state index >= 15 is 0 Å². The number of ether oxygens (including phenoxy) is 2. The van der Waals surface area contributed by atoms with Crippen LogP contribution in [0.15, 0.2) is 18.2 Å². The molecule has 1 rings (SSSR count). The van der Waals surface area contributed by atoms with Gasteiger partial charge in [-0.05, 0) is 17.7 Å². The molecule has 1 amide bonds. The molecule has 0 heterocycles. The molecule has 1 aromatic carbocycles. The molecule has 0 spiro atoms. The third-order valence-corrected chi connectivity index (χ3v) is 2.47. The van der Waals surface area contributed by atoms with Crippen molar-refractivity contribution in [2.75, 3.05) is 14.2 Å². The number of carbonyl (C=O) groups excluding carboxylic acids is 1. The summed E-state index contributed by atoms with van der Waals surface area (Å²) in [5.41, 5.74) is 11.5. The summed E-state index contributed by atoms with van der Waals surface area (Å²) >= 11 is 0. The van der Waals surface area contributed by atoms with E-state index in [1.54, 1.807) is 24.3 Å². The lowest BCUT2D eigenvalue weighted by molar-refractivity contribution is -0.118. The molecule has 5 N–H and O–H groups in total. The van der Waals surface area contributed by atoms with E-state index in [2.05, 4.69) is 0 Å². The van der Waals surface area contributed by atoms with Gasteiger partial charge in [-0.1, -0.05) is 12.2 Å². The van der Waals surface area contributed by atoms with Crippen molar-refractivity contribution in [2.24, 2.45) is 11.5 Å². The predicted octanol–water partition coefficient (Wildman–Crippen LogP) is 0.625. The molecule has 0 saturated carbocycles. The number of rotatable bonds is 6. The minimum Gasteiger partial charge on any atom is -0.502 e. The fraction of sp³-hybridized carbons (Fsp3) is 0.308. The largest absolute Gasteiger partial charge is 0.502 e. The maximum absolute atomic E-state index is 10.7. The van der Waals surface area contributed by atoms with Crippen molar-refractivity contribution in [3.63, 3.8) is 0 Å². The van der Waals surface area contributed by atoms with Gasteiger partial charge in [0.15, 0.2) is 11.5 Å². The van der Waals surface area contributed by atoms with Crippen molar-refractivity contribution in [3.8, 4) is 17.2 Å². The topological polar surface area (TPSA) is 108 Å². The zero-order valence-electron chi connectivity index (χ0n) is 10.9. The van der Waals surface area contributed by atoms with Gasteiger partial charge in [0.25, 0.3) is 0 Å². The average molecular weight is 266 g/mol. The van der Waals surface area contributed by atoms with Gasteiger partial charge < -0.3 is 26.0 Å². The predicted molar refractivity (Wildman–Crippen MR) is 72.0 cm³/mol. The first kappa shape index (κ1) is 14.8. The molecule has 1 atom stereocenters. The lowest BCUT2D eigenvalue weighted by Gasteiger charge is -2.09. The zero-order chi connectivity index (χ0) is 14.4.